The van der Waals surface area contributed by atoms with E-state index in [9.17, 15) is 12.8 Å². The topological polar surface area (TPSA) is 86.1 Å². The molecule has 2 aromatic rings. The first-order valence-electron chi connectivity index (χ1n) is 5.68. The SMILES string of the molecule is COc1ccc(S(=O)(=O)NCCn2cncn2)cc1F. The van der Waals surface area contributed by atoms with Gasteiger partial charge < -0.3 is 4.74 Å². The number of aromatic nitrogens is 3. The van der Waals surface area contributed by atoms with Crippen molar-refractivity contribution in [3.05, 3.63) is 36.7 Å². The molecule has 1 heterocycles. The Labute approximate surface area is 115 Å². The number of ether oxygens (including phenoxy) is 1. The predicted octanol–water partition coefficient (Wildman–Crippen LogP) is 0.404. The number of hydrogen-bond acceptors (Lipinski definition) is 5. The number of halogens is 1. The second-order valence-electron chi connectivity index (χ2n) is 3.85. The molecule has 0 spiro atoms. The van der Waals surface area contributed by atoms with Gasteiger partial charge in [0.15, 0.2) is 11.6 Å². The van der Waals surface area contributed by atoms with Crippen molar-refractivity contribution in [2.24, 2.45) is 0 Å². The summed E-state index contributed by atoms with van der Waals surface area (Å²) >= 11 is 0. The van der Waals surface area contributed by atoms with Gasteiger partial charge in [0.1, 0.15) is 12.7 Å². The number of benzene rings is 1. The lowest BCUT2D eigenvalue weighted by Crippen LogP contribution is -2.27. The van der Waals surface area contributed by atoms with Gasteiger partial charge in [0.25, 0.3) is 0 Å². The highest BCUT2D eigenvalue weighted by Gasteiger charge is 2.16. The molecule has 1 N–H and O–H groups in total. The Morgan fingerprint density at radius 1 is 1.45 bits per heavy atom. The van der Waals surface area contributed by atoms with Crippen molar-refractivity contribution in [1.82, 2.24) is 19.5 Å². The molecule has 0 aliphatic rings. The number of rotatable bonds is 6. The summed E-state index contributed by atoms with van der Waals surface area (Å²) in [5.74, 6) is -0.738. The fraction of sp³-hybridized carbons (Fsp3) is 0.273. The molecule has 0 saturated carbocycles. The van der Waals surface area contributed by atoms with Crippen LogP contribution in [0, 0.1) is 5.82 Å². The molecule has 0 amide bonds. The first kappa shape index (κ1) is 14.4. The third kappa shape index (κ3) is 3.31. The molecule has 0 bridgehead atoms. The molecule has 20 heavy (non-hydrogen) atoms. The van der Waals surface area contributed by atoms with Gasteiger partial charge >= 0.3 is 0 Å². The van der Waals surface area contributed by atoms with Crippen LogP contribution in [-0.2, 0) is 16.6 Å². The summed E-state index contributed by atoms with van der Waals surface area (Å²) in [6, 6.07) is 3.46. The molecule has 7 nitrogen and oxygen atoms in total. The molecule has 108 valence electrons. The quantitative estimate of drug-likeness (QED) is 0.835. The lowest BCUT2D eigenvalue weighted by atomic mass is 10.3. The van der Waals surface area contributed by atoms with Crippen LogP contribution in [0.1, 0.15) is 0 Å². The van der Waals surface area contributed by atoms with Crippen molar-refractivity contribution >= 4 is 10.0 Å². The number of methoxy groups -OCH3 is 1. The Morgan fingerprint density at radius 2 is 2.25 bits per heavy atom. The maximum atomic E-state index is 13.5. The average Bonchev–Trinajstić information content (AvgIpc) is 2.91. The predicted molar refractivity (Wildman–Crippen MR) is 68.2 cm³/mol. The minimum Gasteiger partial charge on any atom is -0.494 e. The van der Waals surface area contributed by atoms with E-state index < -0.39 is 15.8 Å². The van der Waals surface area contributed by atoms with Crippen molar-refractivity contribution in [2.75, 3.05) is 13.7 Å². The van der Waals surface area contributed by atoms with Crippen molar-refractivity contribution in [1.29, 1.82) is 0 Å². The minimum atomic E-state index is -3.77. The van der Waals surface area contributed by atoms with Crippen molar-refractivity contribution in [3.8, 4) is 5.75 Å². The van der Waals surface area contributed by atoms with E-state index >= 15 is 0 Å². The third-order valence-corrected chi connectivity index (χ3v) is 3.99. The molecule has 1 aromatic carbocycles. The summed E-state index contributed by atoms with van der Waals surface area (Å²) in [4.78, 5) is 3.58. The first-order chi connectivity index (χ1) is 9.53. The second kappa shape index (κ2) is 5.97. The zero-order valence-corrected chi connectivity index (χ0v) is 11.5. The van der Waals surface area contributed by atoms with Crippen LogP contribution in [0.4, 0.5) is 4.39 Å². The Morgan fingerprint density at radius 3 is 2.85 bits per heavy atom. The second-order valence-corrected chi connectivity index (χ2v) is 5.62. The van der Waals surface area contributed by atoms with E-state index in [2.05, 4.69) is 14.8 Å². The fourth-order valence-corrected chi connectivity index (χ4v) is 2.57. The van der Waals surface area contributed by atoms with Crippen molar-refractivity contribution in [2.45, 2.75) is 11.4 Å². The summed E-state index contributed by atoms with van der Waals surface area (Å²) in [6.07, 6.45) is 2.83. The molecule has 9 heteroatoms. The average molecular weight is 300 g/mol. The van der Waals surface area contributed by atoms with E-state index in [0.717, 1.165) is 6.07 Å². The lowest BCUT2D eigenvalue weighted by molar-refractivity contribution is 0.385. The molecular formula is C11H13FN4O3S. The monoisotopic (exact) mass is 300 g/mol. The largest absolute Gasteiger partial charge is 0.494 e. The van der Waals surface area contributed by atoms with Crippen LogP contribution in [0.2, 0.25) is 0 Å². The molecule has 0 radical (unpaired) electrons. The molecule has 0 unspecified atom stereocenters. The molecular weight excluding hydrogens is 287 g/mol. The van der Waals surface area contributed by atoms with E-state index in [-0.39, 0.29) is 17.2 Å². The summed E-state index contributed by atoms with van der Waals surface area (Å²) in [5, 5.41) is 3.84. The van der Waals surface area contributed by atoms with E-state index in [1.807, 2.05) is 0 Å². The van der Waals surface area contributed by atoms with E-state index in [4.69, 9.17) is 4.74 Å². The van der Waals surface area contributed by atoms with Gasteiger partial charge in [-0.3, -0.25) is 4.68 Å². The lowest BCUT2D eigenvalue weighted by Gasteiger charge is -2.08. The number of hydrogen-bond donors (Lipinski definition) is 1. The summed E-state index contributed by atoms with van der Waals surface area (Å²) in [6.45, 7) is 0.456. The molecule has 2 rings (SSSR count). The van der Waals surface area contributed by atoms with Crippen LogP contribution < -0.4 is 9.46 Å². The van der Waals surface area contributed by atoms with Gasteiger partial charge in [-0.1, -0.05) is 0 Å². The van der Waals surface area contributed by atoms with E-state index in [1.54, 1.807) is 0 Å². The van der Waals surface area contributed by atoms with Crippen LogP contribution in [0.15, 0.2) is 35.7 Å². The highest BCUT2D eigenvalue weighted by atomic mass is 32.2. The van der Waals surface area contributed by atoms with Gasteiger partial charge in [0.05, 0.1) is 18.6 Å². The van der Waals surface area contributed by atoms with Gasteiger partial charge in [-0.05, 0) is 18.2 Å². The van der Waals surface area contributed by atoms with Crippen LogP contribution in [0.5, 0.6) is 5.75 Å². The molecule has 0 aliphatic carbocycles. The standard InChI is InChI=1S/C11H13FN4O3S/c1-19-11-3-2-9(6-10(11)12)20(17,18)15-4-5-16-8-13-7-14-16/h2-3,6-8,15H,4-5H2,1H3. The van der Waals surface area contributed by atoms with Crippen molar-refractivity contribution < 1.29 is 17.5 Å². The Bertz CT molecular complexity index is 673. The van der Waals surface area contributed by atoms with Gasteiger partial charge in [-0.15, -0.1) is 0 Å². The molecule has 0 saturated heterocycles. The minimum absolute atomic E-state index is 0.00781. The number of sulfonamides is 1. The maximum Gasteiger partial charge on any atom is 0.240 e. The zero-order valence-electron chi connectivity index (χ0n) is 10.7. The van der Waals surface area contributed by atoms with Crippen LogP contribution in [-0.4, -0.2) is 36.8 Å². The van der Waals surface area contributed by atoms with Gasteiger partial charge in [0.2, 0.25) is 10.0 Å². The first-order valence-corrected chi connectivity index (χ1v) is 7.17. The van der Waals surface area contributed by atoms with Crippen molar-refractivity contribution in [3.63, 3.8) is 0 Å². The highest BCUT2D eigenvalue weighted by Crippen LogP contribution is 2.20. The Kier molecular flexibility index (Phi) is 4.30. The zero-order chi connectivity index (χ0) is 14.6. The van der Waals surface area contributed by atoms with E-state index in [0.29, 0.717) is 6.54 Å². The van der Waals surface area contributed by atoms with Crippen LogP contribution in [0.25, 0.3) is 0 Å². The van der Waals surface area contributed by atoms with Gasteiger partial charge in [-0.2, -0.15) is 5.10 Å². The highest BCUT2D eigenvalue weighted by molar-refractivity contribution is 7.89. The Balaban J connectivity index is 2.04. The number of nitrogens with one attached hydrogen (secondary N) is 1. The fourth-order valence-electron chi connectivity index (χ4n) is 1.54. The summed E-state index contributed by atoms with van der Waals surface area (Å²) in [7, 11) is -2.46. The molecule has 0 aliphatic heterocycles. The molecule has 0 atom stereocenters. The smallest absolute Gasteiger partial charge is 0.240 e. The molecule has 0 fully saturated rings. The van der Waals surface area contributed by atoms with E-state index in [1.165, 1.54) is 36.6 Å². The van der Waals surface area contributed by atoms with Gasteiger partial charge in [-0.25, -0.2) is 22.5 Å². The van der Waals surface area contributed by atoms with Crippen LogP contribution in [0.3, 0.4) is 0 Å². The summed E-state index contributed by atoms with van der Waals surface area (Å²) in [5.41, 5.74) is 0. The third-order valence-electron chi connectivity index (χ3n) is 2.53. The summed E-state index contributed by atoms with van der Waals surface area (Å²) < 4.78 is 46.0. The number of nitrogens with zero attached hydrogens (tertiary/aromatic N) is 3. The molecule has 1 aromatic heterocycles. The van der Waals surface area contributed by atoms with Gasteiger partial charge in [0, 0.05) is 6.54 Å². The normalized spacial score (nSPS) is 11.5. The van der Waals surface area contributed by atoms with Crippen LogP contribution >= 0.6 is 0 Å². The maximum absolute atomic E-state index is 13.5. The Hall–Kier alpha value is -2.00.